The molecule has 1 aromatic rings. The van der Waals surface area contributed by atoms with E-state index < -0.39 is 67.5 Å². The van der Waals surface area contributed by atoms with Crippen LogP contribution in [0.25, 0.3) is 0 Å². The molecule has 12 nitrogen and oxygen atoms in total. The number of rotatable bonds is 18. The van der Waals surface area contributed by atoms with Gasteiger partial charge in [-0.1, -0.05) is 37.8 Å². The maximum Gasteiger partial charge on any atom is 0.332 e. The predicted molar refractivity (Wildman–Crippen MR) is 148 cm³/mol. The van der Waals surface area contributed by atoms with Crippen molar-refractivity contribution in [2.75, 3.05) is 19.8 Å². The zero-order chi connectivity index (χ0) is 30.2. The number of carboxylic acids is 1. The molecule has 228 valence electrons. The van der Waals surface area contributed by atoms with Crippen molar-refractivity contribution in [2.24, 2.45) is 0 Å². The summed E-state index contributed by atoms with van der Waals surface area (Å²) in [4.78, 5) is 35.5. The third-order valence-electron chi connectivity index (χ3n) is 6.80. The highest BCUT2D eigenvalue weighted by Gasteiger charge is 2.46. The highest BCUT2D eigenvalue weighted by Crippen LogP contribution is 2.24. The predicted octanol–water partition coefficient (Wildman–Crippen LogP) is -0.110. The summed E-state index contributed by atoms with van der Waals surface area (Å²) in [5, 5.41) is 54.5. The Hall–Kier alpha value is -3.21. The van der Waals surface area contributed by atoms with Gasteiger partial charge in [-0.3, -0.25) is 9.59 Å². The molecular formula is C29H42N2O10. The smallest absolute Gasteiger partial charge is 0.332 e. The van der Waals surface area contributed by atoms with E-state index in [1.54, 1.807) is 24.3 Å². The number of aliphatic carboxylic acids is 1. The van der Waals surface area contributed by atoms with Crippen molar-refractivity contribution in [1.29, 1.82) is 0 Å². The lowest BCUT2D eigenvalue weighted by molar-refractivity contribution is -0.193. The fraction of sp³-hybridized carbons (Fsp3) is 0.621. The maximum atomic E-state index is 12.4. The SMILES string of the molecule is C#CCCCCCCCCOc1ccc(CC(=O)NC[C@@H](O)[C@@H](O)C2OC(C(=O)O)CC(O)C2NC(=O)CO)cc1. The quantitative estimate of drug-likeness (QED) is 0.0912. The van der Waals surface area contributed by atoms with Crippen LogP contribution in [0.15, 0.2) is 24.3 Å². The van der Waals surface area contributed by atoms with Crippen LogP contribution in [0.1, 0.15) is 56.9 Å². The second kappa shape index (κ2) is 18.3. The first kappa shape index (κ1) is 34.0. The summed E-state index contributed by atoms with van der Waals surface area (Å²) in [6, 6.07) is 5.75. The summed E-state index contributed by atoms with van der Waals surface area (Å²) in [5.41, 5.74) is 0.701. The number of hydrogen-bond acceptors (Lipinski definition) is 9. The van der Waals surface area contributed by atoms with Crippen LogP contribution in [-0.4, -0.2) is 99.6 Å². The minimum atomic E-state index is -1.78. The molecule has 1 aromatic carbocycles. The van der Waals surface area contributed by atoms with E-state index in [0.717, 1.165) is 38.5 Å². The number of carbonyl (C=O) groups excluding carboxylic acids is 2. The summed E-state index contributed by atoms with van der Waals surface area (Å²) in [6.45, 7) is -0.710. The van der Waals surface area contributed by atoms with E-state index in [0.29, 0.717) is 17.9 Å². The molecule has 1 aliphatic heterocycles. The van der Waals surface area contributed by atoms with Gasteiger partial charge in [0.2, 0.25) is 11.8 Å². The standard InChI is InChI=1S/C29H42N2O10/c1-2-3-4-5-6-7-8-9-14-40-20-12-10-19(11-13-20)15-24(35)30-17-22(34)27(37)28-26(31-25(36)18-32)21(33)16-23(41-28)29(38)39/h1,10-13,21-23,26-28,32-34,37H,3-9,14-18H2,(H,30,35)(H,31,36)(H,38,39)/t21?,22-,23?,26?,27-,28?/m1/s1. The van der Waals surface area contributed by atoms with E-state index in [-0.39, 0.29) is 12.8 Å². The summed E-state index contributed by atoms with van der Waals surface area (Å²) in [5.74, 6) is 0.623. The Kier molecular flexibility index (Phi) is 15.1. The molecule has 1 fully saturated rings. The molecule has 4 unspecified atom stereocenters. The van der Waals surface area contributed by atoms with Gasteiger partial charge < -0.3 is 45.6 Å². The van der Waals surface area contributed by atoms with Crippen LogP contribution in [0.2, 0.25) is 0 Å². The van der Waals surface area contributed by atoms with Crippen LogP contribution in [0.3, 0.4) is 0 Å². The number of terminal acetylenes is 1. The van der Waals surface area contributed by atoms with Gasteiger partial charge in [0.1, 0.15) is 24.6 Å². The van der Waals surface area contributed by atoms with Gasteiger partial charge in [0, 0.05) is 19.4 Å². The van der Waals surface area contributed by atoms with Gasteiger partial charge in [-0.25, -0.2) is 4.79 Å². The highest BCUT2D eigenvalue weighted by atomic mass is 16.5. The lowest BCUT2D eigenvalue weighted by Gasteiger charge is -2.41. The Labute approximate surface area is 240 Å². The molecule has 1 heterocycles. The number of carboxylic acid groups (broad SMARTS) is 1. The fourth-order valence-corrected chi connectivity index (χ4v) is 4.51. The van der Waals surface area contributed by atoms with E-state index in [4.69, 9.17) is 21.0 Å². The van der Waals surface area contributed by atoms with Crippen LogP contribution < -0.4 is 15.4 Å². The molecule has 0 saturated carbocycles. The first-order valence-electron chi connectivity index (χ1n) is 13.9. The van der Waals surface area contributed by atoms with Crippen LogP contribution in [0.5, 0.6) is 5.75 Å². The summed E-state index contributed by atoms with van der Waals surface area (Å²) >= 11 is 0. The van der Waals surface area contributed by atoms with Gasteiger partial charge in [-0.2, -0.15) is 0 Å². The number of amides is 2. The molecule has 2 amide bonds. The molecule has 41 heavy (non-hydrogen) atoms. The van der Waals surface area contributed by atoms with E-state index in [1.807, 2.05) is 0 Å². The molecule has 1 aliphatic rings. The van der Waals surface area contributed by atoms with Crippen molar-refractivity contribution in [2.45, 2.75) is 94.3 Å². The molecule has 7 N–H and O–H groups in total. The van der Waals surface area contributed by atoms with Gasteiger partial charge in [0.05, 0.1) is 31.3 Å². The minimum absolute atomic E-state index is 0.00230. The number of ether oxygens (including phenoxy) is 2. The van der Waals surface area contributed by atoms with Gasteiger partial charge in [0.25, 0.3) is 0 Å². The Morgan fingerprint density at radius 2 is 1.71 bits per heavy atom. The molecule has 0 aromatic heterocycles. The first-order valence-corrected chi connectivity index (χ1v) is 13.9. The van der Waals surface area contributed by atoms with Crippen molar-refractivity contribution in [1.82, 2.24) is 10.6 Å². The third-order valence-corrected chi connectivity index (χ3v) is 6.80. The molecule has 12 heteroatoms. The van der Waals surface area contributed by atoms with E-state index >= 15 is 0 Å². The van der Waals surface area contributed by atoms with Gasteiger partial charge in [0.15, 0.2) is 6.10 Å². The van der Waals surface area contributed by atoms with E-state index in [9.17, 15) is 34.8 Å². The topological polar surface area (TPSA) is 195 Å². The third kappa shape index (κ3) is 12.0. The molecule has 6 atom stereocenters. The molecule has 0 spiro atoms. The molecule has 0 radical (unpaired) electrons. The summed E-state index contributed by atoms with van der Waals surface area (Å²) in [6.07, 6.45) is 4.44. The van der Waals surface area contributed by atoms with Crippen molar-refractivity contribution < 1.29 is 49.4 Å². The highest BCUT2D eigenvalue weighted by molar-refractivity contribution is 5.78. The first-order chi connectivity index (χ1) is 19.7. The average Bonchev–Trinajstić information content (AvgIpc) is 2.96. The molecule has 1 saturated heterocycles. The zero-order valence-corrected chi connectivity index (χ0v) is 23.1. The lowest BCUT2D eigenvalue weighted by Crippen LogP contribution is -2.64. The second-order valence-corrected chi connectivity index (χ2v) is 10.1. The van der Waals surface area contributed by atoms with Crippen LogP contribution in [0, 0.1) is 12.3 Å². The fourth-order valence-electron chi connectivity index (χ4n) is 4.51. The number of benzene rings is 1. The lowest BCUT2D eigenvalue weighted by atomic mass is 9.90. The van der Waals surface area contributed by atoms with Gasteiger partial charge in [-0.15, -0.1) is 12.3 Å². The second-order valence-electron chi connectivity index (χ2n) is 10.1. The maximum absolute atomic E-state index is 12.4. The molecule has 0 bridgehead atoms. The number of unbranched alkanes of at least 4 members (excludes halogenated alkanes) is 6. The molecule has 2 rings (SSSR count). The van der Waals surface area contributed by atoms with Gasteiger partial charge in [-0.05, 0) is 30.5 Å². The number of aliphatic hydroxyl groups is 4. The summed E-state index contributed by atoms with van der Waals surface area (Å²) < 4.78 is 11.1. The minimum Gasteiger partial charge on any atom is -0.494 e. The normalized spacial score (nSPS) is 21.7. The van der Waals surface area contributed by atoms with Crippen LogP contribution >= 0.6 is 0 Å². The Balaban J connectivity index is 1.77. The monoisotopic (exact) mass is 578 g/mol. The van der Waals surface area contributed by atoms with Crippen molar-refractivity contribution in [3.8, 4) is 18.1 Å². The summed E-state index contributed by atoms with van der Waals surface area (Å²) in [7, 11) is 0. The Morgan fingerprint density at radius 1 is 1.05 bits per heavy atom. The number of hydrogen-bond donors (Lipinski definition) is 7. The van der Waals surface area contributed by atoms with Crippen molar-refractivity contribution in [3.63, 3.8) is 0 Å². The van der Waals surface area contributed by atoms with E-state index in [1.165, 1.54) is 6.42 Å². The van der Waals surface area contributed by atoms with Crippen molar-refractivity contribution >= 4 is 17.8 Å². The largest absolute Gasteiger partial charge is 0.494 e. The number of nitrogens with one attached hydrogen (secondary N) is 2. The molecular weight excluding hydrogens is 536 g/mol. The van der Waals surface area contributed by atoms with Crippen LogP contribution in [0.4, 0.5) is 0 Å². The van der Waals surface area contributed by atoms with Gasteiger partial charge >= 0.3 is 5.97 Å². The molecule has 0 aliphatic carbocycles. The number of aliphatic hydroxyl groups excluding tert-OH is 4. The average molecular weight is 579 g/mol. The van der Waals surface area contributed by atoms with Crippen molar-refractivity contribution in [3.05, 3.63) is 29.8 Å². The Morgan fingerprint density at radius 3 is 2.34 bits per heavy atom. The zero-order valence-electron chi connectivity index (χ0n) is 23.1. The Bertz CT molecular complexity index is 996. The van der Waals surface area contributed by atoms with Crippen LogP contribution in [-0.2, 0) is 25.5 Å². The number of carbonyl (C=O) groups is 3. The van der Waals surface area contributed by atoms with E-state index in [2.05, 4.69) is 16.6 Å².